The molecule has 1 saturated heterocycles. The van der Waals surface area contributed by atoms with Crippen LogP contribution in [0.25, 0.3) is 10.9 Å². The quantitative estimate of drug-likeness (QED) is 0.605. The summed E-state index contributed by atoms with van der Waals surface area (Å²) in [7, 11) is 0. The zero-order valence-corrected chi connectivity index (χ0v) is 17.3. The number of hydrogen-bond donors (Lipinski definition) is 2. The van der Waals surface area contributed by atoms with Crippen molar-refractivity contribution in [2.75, 3.05) is 13.2 Å². The van der Waals surface area contributed by atoms with Gasteiger partial charge in [0.25, 0.3) is 5.56 Å². The van der Waals surface area contributed by atoms with Crippen molar-refractivity contribution in [2.24, 2.45) is 0 Å². The Balaban J connectivity index is 1.55. The molecule has 2 aromatic heterocycles. The maximum Gasteiger partial charge on any atom is 0.253 e. The summed E-state index contributed by atoms with van der Waals surface area (Å²) < 4.78 is 11.2. The van der Waals surface area contributed by atoms with Gasteiger partial charge in [-0.1, -0.05) is 11.6 Å². The second-order valence-corrected chi connectivity index (χ2v) is 7.85. The Morgan fingerprint density at radius 1 is 1.34 bits per heavy atom. The van der Waals surface area contributed by atoms with Crippen molar-refractivity contribution in [3.63, 3.8) is 0 Å². The Morgan fingerprint density at radius 2 is 2.24 bits per heavy atom. The zero-order chi connectivity index (χ0) is 20.2. The Labute approximate surface area is 174 Å². The van der Waals surface area contributed by atoms with E-state index in [1.54, 1.807) is 6.26 Å². The van der Waals surface area contributed by atoms with Gasteiger partial charge in [-0.2, -0.15) is 0 Å². The van der Waals surface area contributed by atoms with Gasteiger partial charge in [0.2, 0.25) is 0 Å². The number of fused-ring (bicyclic) bond motifs is 1. The maximum atomic E-state index is 12.7. The molecule has 6 nitrogen and oxygen atoms in total. The summed E-state index contributed by atoms with van der Waals surface area (Å²) in [5, 5.41) is 4.84. The molecule has 3 heterocycles. The molecule has 29 heavy (non-hydrogen) atoms. The lowest BCUT2D eigenvalue weighted by Gasteiger charge is -2.28. The highest BCUT2D eigenvalue weighted by atomic mass is 32.1. The van der Waals surface area contributed by atoms with Gasteiger partial charge in [-0.05, 0) is 67.7 Å². The number of aromatic nitrogens is 1. The van der Waals surface area contributed by atoms with Crippen LogP contribution < -0.4 is 10.9 Å². The van der Waals surface area contributed by atoms with E-state index in [2.05, 4.69) is 16.4 Å². The van der Waals surface area contributed by atoms with E-state index in [-0.39, 0.29) is 11.7 Å². The highest BCUT2D eigenvalue weighted by molar-refractivity contribution is 7.80. The molecule has 1 aromatic carbocycles. The monoisotopic (exact) mass is 411 g/mol. The average Bonchev–Trinajstić information content (AvgIpc) is 3.40. The third-order valence-corrected chi connectivity index (χ3v) is 5.57. The van der Waals surface area contributed by atoms with Crippen LogP contribution in [-0.2, 0) is 17.8 Å². The third-order valence-electron chi connectivity index (χ3n) is 5.17. The van der Waals surface area contributed by atoms with E-state index in [4.69, 9.17) is 21.4 Å². The molecule has 0 spiro atoms. The van der Waals surface area contributed by atoms with Gasteiger partial charge in [-0.3, -0.25) is 4.79 Å². The van der Waals surface area contributed by atoms with Gasteiger partial charge in [-0.15, -0.1) is 0 Å². The van der Waals surface area contributed by atoms with Crippen LogP contribution in [0.1, 0.15) is 29.7 Å². The van der Waals surface area contributed by atoms with E-state index in [9.17, 15) is 4.79 Å². The first-order valence-corrected chi connectivity index (χ1v) is 10.3. The first kappa shape index (κ1) is 19.7. The van der Waals surface area contributed by atoms with Crippen LogP contribution in [0.3, 0.4) is 0 Å². The molecule has 1 fully saturated rings. The summed E-state index contributed by atoms with van der Waals surface area (Å²) in [6, 6.07) is 11.7. The van der Waals surface area contributed by atoms with E-state index in [1.165, 1.54) is 0 Å². The van der Waals surface area contributed by atoms with Crippen molar-refractivity contribution < 1.29 is 9.15 Å². The molecule has 0 bridgehead atoms. The van der Waals surface area contributed by atoms with E-state index in [1.807, 2.05) is 42.2 Å². The Kier molecular flexibility index (Phi) is 5.97. The van der Waals surface area contributed by atoms with Crippen molar-refractivity contribution in [3.8, 4) is 0 Å². The van der Waals surface area contributed by atoms with Gasteiger partial charge in [0.05, 0.1) is 25.5 Å². The fourth-order valence-corrected chi connectivity index (χ4v) is 3.85. The van der Waals surface area contributed by atoms with Crippen molar-refractivity contribution in [1.82, 2.24) is 15.2 Å². The van der Waals surface area contributed by atoms with E-state index >= 15 is 0 Å². The molecule has 7 heteroatoms. The number of ether oxygens (including phenoxy) is 1. The van der Waals surface area contributed by atoms with E-state index in [0.717, 1.165) is 41.7 Å². The van der Waals surface area contributed by atoms with Gasteiger partial charge < -0.3 is 24.4 Å². The van der Waals surface area contributed by atoms with Crippen molar-refractivity contribution >= 4 is 28.2 Å². The number of nitrogens with zero attached hydrogens (tertiary/aromatic N) is 1. The van der Waals surface area contributed by atoms with E-state index in [0.29, 0.717) is 30.3 Å². The lowest BCUT2D eigenvalue weighted by molar-refractivity contribution is 0.0896. The summed E-state index contributed by atoms with van der Waals surface area (Å²) in [6.07, 6.45) is 3.83. The number of pyridine rings is 1. The minimum Gasteiger partial charge on any atom is -0.467 e. The molecule has 3 aromatic rings. The largest absolute Gasteiger partial charge is 0.467 e. The summed E-state index contributed by atoms with van der Waals surface area (Å²) in [6.45, 7) is 4.39. The summed E-state index contributed by atoms with van der Waals surface area (Å²) in [4.78, 5) is 17.7. The minimum absolute atomic E-state index is 0.0903. The maximum absolute atomic E-state index is 12.7. The number of nitrogens with one attached hydrogen (secondary N) is 2. The molecule has 0 amide bonds. The number of aromatic amines is 1. The predicted molar refractivity (Wildman–Crippen MR) is 117 cm³/mol. The van der Waals surface area contributed by atoms with Crippen LogP contribution in [0.15, 0.2) is 51.9 Å². The van der Waals surface area contributed by atoms with Crippen LogP contribution in [0.4, 0.5) is 0 Å². The molecule has 1 aliphatic heterocycles. The van der Waals surface area contributed by atoms with Crippen LogP contribution in [0, 0.1) is 6.92 Å². The van der Waals surface area contributed by atoms with E-state index < -0.39 is 0 Å². The average molecular weight is 412 g/mol. The standard InChI is InChI=1S/C22H25N3O3S/c1-15-6-7-20-16(10-15)11-17(21(26)24-20)13-25(14-19-5-3-9-28-19)22(29)23-12-18-4-2-8-27-18/h2,4,6-8,10-11,19H,3,5,9,12-14H2,1H3,(H,23,29)(H,24,26)/t19-/m0/s1. The Hall–Kier alpha value is -2.64. The minimum atomic E-state index is -0.0903. The lowest BCUT2D eigenvalue weighted by Crippen LogP contribution is -2.43. The summed E-state index contributed by atoms with van der Waals surface area (Å²) >= 11 is 5.65. The Morgan fingerprint density at radius 3 is 3.00 bits per heavy atom. The van der Waals surface area contributed by atoms with Gasteiger partial charge in [0.15, 0.2) is 5.11 Å². The molecule has 1 atom stereocenters. The normalized spacial score (nSPS) is 16.2. The molecule has 2 N–H and O–H groups in total. The van der Waals surface area contributed by atoms with Gasteiger partial charge in [-0.25, -0.2) is 0 Å². The molecular formula is C22H25N3O3S. The number of hydrogen-bond acceptors (Lipinski definition) is 4. The van der Waals surface area contributed by atoms with Gasteiger partial charge >= 0.3 is 0 Å². The Bertz CT molecular complexity index is 1040. The molecule has 152 valence electrons. The smallest absolute Gasteiger partial charge is 0.253 e. The number of benzene rings is 1. The van der Waals surface area contributed by atoms with Crippen LogP contribution in [0.5, 0.6) is 0 Å². The third kappa shape index (κ3) is 4.86. The lowest BCUT2D eigenvalue weighted by atomic mass is 10.1. The molecule has 0 aliphatic carbocycles. The van der Waals surface area contributed by atoms with Crippen molar-refractivity contribution in [1.29, 1.82) is 0 Å². The number of aryl methyl sites for hydroxylation is 1. The zero-order valence-electron chi connectivity index (χ0n) is 16.4. The van der Waals surface area contributed by atoms with Crippen molar-refractivity contribution in [2.45, 2.75) is 39.0 Å². The van der Waals surface area contributed by atoms with Gasteiger partial charge in [0.1, 0.15) is 5.76 Å². The van der Waals surface area contributed by atoms with Crippen LogP contribution in [0.2, 0.25) is 0 Å². The number of H-pyrrole nitrogens is 1. The second kappa shape index (κ2) is 8.80. The van der Waals surface area contributed by atoms with Crippen LogP contribution in [-0.4, -0.2) is 34.3 Å². The molecular weight excluding hydrogens is 386 g/mol. The molecule has 0 saturated carbocycles. The molecule has 0 radical (unpaired) electrons. The molecule has 1 aliphatic rings. The highest BCUT2D eigenvalue weighted by Gasteiger charge is 2.22. The van der Waals surface area contributed by atoms with Crippen molar-refractivity contribution in [3.05, 3.63) is 69.9 Å². The topological polar surface area (TPSA) is 70.5 Å². The second-order valence-electron chi connectivity index (χ2n) is 7.47. The van der Waals surface area contributed by atoms with Crippen LogP contribution >= 0.6 is 12.2 Å². The number of furan rings is 1. The fraction of sp³-hybridized carbons (Fsp3) is 0.364. The summed E-state index contributed by atoms with van der Waals surface area (Å²) in [5.41, 5.74) is 2.59. The first-order valence-electron chi connectivity index (χ1n) is 9.88. The SMILES string of the molecule is Cc1ccc2[nH]c(=O)c(CN(C[C@@H]3CCCO3)C(=S)NCc3ccco3)cc2c1. The highest BCUT2D eigenvalue weighted by Crippen LogP contribution is 2.17. The number of thiocarbonyl (C=S) groups is 1. The number of rotatable bonds is 6. The van der Waals surface area contributed by atoms with Gasteiger partial charge in [0, 0.05) is 24.2 Å². The first-order chi connectivity index (χ1) is 14.1. The fourth-order valence-electron chi connectivity index (χ4n) is 3.64. The predicted octanol–water partition coefficient (Wildman–Crippen LogP) is 3.49. The molecule has 0 unspecified atom stereocenters. The summed E-state index contributed by atoms with van der Waals surface area (Å²) in [5.74, 6) is 0.809. The molecule has 4 rings (SSSR count).